The van der Waals surface area contributed by atoms with Crippen LogP contribution in [0.4, 0.5) is 0 Å². The minimum absolute atomic E-state index is 0.0581. The molecule has 1 aliphatic rings. The van der Waals surface area contributed by atoms with E-state index < -0.39 is 0 Å². The number of likely N-dealkylation sites (tertiary alicyclic amines) is 1. The number of aromatic nitrogens is 2. The summed E-state index contributed by atoms with van der Waals surface area (Å²) in [5, 5.41) is 10.1. The number of piperidine rings is 1. The average molecular weight is 340 g/mol. The molecule has 0 aromatic carbocycles. The van der Waals surface area contributed by atoms with Gasteiger partial charge in [-0.05, 0) is 45.7 Å². The number of aryl methyl sites for hydroxylation is 3. The summed E-state index contributed by atoms with van der Waals surface area (Å²) in [5.74, 6) is 0.247. The molecule has 0 bridgehead atoms. The van der Waals surface area contributed by atoms with E-state index in [-0.39, 0.29) is 5.91 Å². The quantitative estimate of drug-likeness (QED) is 0.840. The predicted octanol–water partition coefficient (Wildman–Crippen LogP) is 3.35. The van der Waals surface area contributed by atoms with E-state index in [1.165, 1.54) is 4.88 Å². The fourth-order valence-electron chi connectivity index (χ4n) is 3.00. The van der Waals surface area contributed by atoms with Crippen LogP contribution < -0.4 is 0 Å². The van der Waals surface area contributed by atoms with Crippen molar-refractivity contribution in [3.63, 3.8) is 0 Å². The topological polar surface area (TPSA) is 69.9 Å². The molecule has 0 spiro atoms. The second-order valence-electron chi connectivity index (χ2n) is 6.23. The Kier molecular flexibility index (Phi) is 4.63. The summed E-state index contributed by atoms with van der Waals surface area (Å²) in [6.07, 6.45) is 2.04. The third kappa shape index (κ3) is 3.17. The molecule has 1 atom stereocenters. The van der Waals surface area contributed by atoms with Crippen LogP contribution in [0.5, 0.6) is 0 Å². The molecule has 0 radical (unpaired) electrons. The standard InChI is InChI=1S/C18H20N4OS/c1-11-13(3)24-17(21-11)15-5-4-8-22(10-15)18(23)16-7-6-14(9-19)12(2)20-16/h6-7,15H,4-5,8,10H2,1-3H3. The minimum Gasteiger partial charge on any atom is -0.337 e. The Morgan fingerprint density at radius 3 is 2.71 bits per heavy atom. The molecular formula is C18H20N4OS. The number of hydrogen-bond donors (Lipinski definition) is 0. The first kappa shape index (κ1) is 16.6. The van der Waals surface area contributed by atoms with Gasteiger partial charge in [0.05, 0.1) is 22.0 Å². The smallest absolute Gasteiger partial charge is 0.272 e. The zero-order valence-corrected chi connectivity index (χ0v) is 15.0. The summed E-state index contributed by atoms with van der Waals surface area (Å²) in [5.41, 5.74) is 2.61. The van der Waals surface area contributed by atoms with Crippen molar-refractivity contribution < 1.29 is 4.79 Å². The highest BCUT2D eigenvalue weighted by molar-refractivity contribution is 7.11. The lowest BCUT2D eigenvalue weighted by atomic mass is 9.98. The molecule has 24 heavy (non-hydrogen) atoms. The maximum Gasteiger partial charge on any atom is 0.272 e. The van der Waals surface area contributed by atoms with Crippen molar-refractivity contribution >= 4 is 17.2 Å². The molecule has 5 nitrogen and oxygen atoms in total. The van der Waals surface area contributed by atoms with Crippen LogP contribution in [0.15, 0.2) is 12.1 Å². The number of amides is 1. The molecule has 0 aliphatic carbocycles. The molecule has 1 amide bonds. The first-order valence-electron chi connectivity index (χ1n) is 8.10. The zero-order chi connectivity index (χ0) is 17.3. The fourth-order valence-corrected chi connectivity index (χ4v) is 4.04. The lowest BCUT2D eigenvalue weighted by molar-refractivity contribution is 0.0701. The van der Waals surface area contributed by atoms with Gasteiger partial charge in [-0.1, -0.05) is 0 Å². The van der Waals surface area contributed by atoms with Crippen molar-refractivity contribution in [1.29, 1.82) is 5.26 Å². The third-order valence-corrected chi connectivity index (χ3v) is 5.76. The lowest BCUT2D eigenvalue weighted by Gasteiger charge is -2.31. The number of nitriles is 1. The van der Waals surface area contributed by atoms with E-state index >= 15 is 0 Å². The van der Waals surface area contributed by atoms with Gasteiger partial charge in [-0.25, -0.2) is 9.97 Å². The normalized spacial score (nSPS) is 17.6. The van der Waals surface area contributed by atoms with Crippen molar-refractivity contribution in [2.75, 3.05) is 13.1 Å². The van der Waals surface area contributed by atoms with Gasteiger partial charge in [0.1, 0.15) is 11.8 Å². The van der Waals surface area contributed by atoms with Gasteiger partial charge >= 0.3 is 0 Å². The van der Waals surface area contributed by atoms with Gasteiger partial charge in [0, 0.05) is 23.9 Å². The number of carbonyl (C=O) groups excluding carboxylic acids is 1. The highest BCUT2D eigenvalue weighted by atomic mass is 32.1. The minimum atomic E-state index is -0.0581. The highest BCUT2D eigenvalue weighted by Gasteiger charge is 2.28. The van der Waals surface area contributed by atoms with Gasteiger partial charge in [-0.2, -0.15) is 5.26 Å². The Balaban J connectivity index is 1.78. The van der Waals surface area contributed by atoms with Crippen molar-refractivity contribution in [3.05, 3.63) is 44.7 Å². The fraction of sp³-hybridized carbons (Fsp3) is 0.444. The maximum atomic E-state index is 12.8. The number of hydrogen-bond acceptors (Lipinski definition) is 5. The average Bonchev–Trinajstić information content (AvgIpc) is 2.93. The van der Waals surface area contributed by atoms with Crippen molar-refractivity contribution in [2.45, 2.75) is 39.5 Å². The van der Waals surface area contributed by atoms with Gasteiger partial charge < -0.3 is 4.90 Å². The number of carbonyl (C=O) groups is 1. The van der Waals surface area contributed by atoms with E-state index in [9.17, 15) is 4.79 Å². The van der Waals surface area contributed by atoms with Crippen LogP contribution in [0.1, 0.15) is 56.1 Å². The molecule has 1 saturated heterocycles. The number of nitrogens with zero attached hydrogens (tertiary/aromatic N) is 4. The molecule has 1 aliphatic heterocycles. The van der Waals surface area contributed by atoms with E-state index in [1.54, 1.807) is 30.4 Å². The van der Waals surface area contributed by atoms with Crippen LogP contribution in [0.3, 0.4) is 0 Å². The van der Waals surface area contributed by atoms with Crippen LogP contribution in [0.25, 0.3) is 0 Å². The largest absolute Gasteiger partial charge is 0.337 e. The van der Waals surface area contributed by atoms with Crippen molar-refractivity contribution in [2.24, 2.45) is 0 Å². The Morgan fingerprint density at radius 2 is 2.08 bits per heavy atom. The predicted molar refractivity (Wildman–Crippen MR) is 93.2 cm³/mol. The molecular weight excluding hydrogens is 320 g/mol. The molecule has 0 N–H and O–H groups in total. The van der Waals surface area contributed by atoms with Crippen molar-refractivity contribution in [1.82, 2.24) is 14.9 Å². The monoisotopic (exact) mass is 340 g/mol. The van der Waals surface area contributed by atoms with E-state index in [4.69, 9.17) is 5.26 Å². The summed E-state index contributed by atoms with van der Waals surface area (Å²) in [6, 6.07) is 5.40. The molecule has 2 aromatic rings. The molecule has 1 unspecified atom stereocenters. The lowest BCUT2D eigenvalue weighted by Crippen LogP contribution is -2.39. The van der Waals surface area contributed by atoms with E-state index in [2.05, 4.69) is 23.0 Å². The van der Waals surface area contributed by atoms with Crippen LogP contribution in [0.2, 0.25) is 0 Å². The SMILES string of the molecule is Cc1nc(C(=O)N2CCCC(c3nc(C)c(C)s3)C2)ccc1C#N. The van der Waals surface area contributed by atoms with Crippen LogP contribution in [-0.2, 0) is 0 Å². The molecule has 2 aromatic heterocycles. The Morgan fingerprint density at radius 1 is 1.29 bits per heavy atom. The van der Waals surface area contributed by atoms with Crippen LogP contribution in [0, 0.1) is 32.1 Å². The van der Waals surface area contributed by atoms with Gasteiger partial charge in [0.2, 0.25) is 0 Å². The summed E-state index contributed by atoms with van der Waals surface area (Å²) >= 11 is 1.74. The maximum absolute atomic E-state index is 12.8. The van der Waals surface area contributed by atoms with Crippen LogP contribution in [-0.4, -0.2) is 33.9 Å². The third-order valence-electron chi connectivity index (χ3n) is 4.53. The molecule has 3 rings (SSSR count). The second-order valence-corrected chi connectivity index (χ2v) is 7.46. The summed E-state index contributed by atoms with van der Waals surface area (Å²) in [7, 11) is 0. The molecule has 6 heteroatoms. The number of rotatable bonds is 2. The number of thiazole rings is 1. The Labute approximate surface area is 146 Å². The Bertz CT molecular complexity index is 801. The van der Waals surface area contributed by atoms with Gasteiger partial charge in [-0.3, -0.25) is 4.79 Å². The molecule has 0 saturated carbocycles. The zero-order valence-electron chi connectivity index (χ0n) is 14.2. The first-order chi connectivity index (χ1) is 11.5. The molecule has 3 heterocycles. The van der Waals surface area contributed by atoms with Gasteiger partial charge in [-0.15, -0.1) is 11.3 Å². The Hall–Kier alpha value is -2.26. The van der Waals surface area contributed by atoms with E-state index in [1.807, 2.05) is 11.8 Å². The number of pyridine rings is 1. The van der Waals surface area contributed by atoms with Gasteiger partial charge in [0.25, 0.3) is 5.91 Å². The van der Waals surface area contributed by atoms with Crippen LogP contribution >= 0.6 is 11.3 Å². The van der Waals surface area contributed by atoms with Crippen molar-refractivity contribution in [3.8, 4) is 6.07 Å². The first-order valence-corrected chi connectivity index (χ1v) is 8.92. The summed E-state index contributed by atoms with van der Waals surface area (Å²) < 4.78 is 0. The second kappa shape index (κ2) is 6.70. The molecule has 124 valence electrons. The van der Waals surface area contributed by atoms with E-state index in [0.717, 1.165) is 30.1 Å². The molecule has 1 fully saturated rings. The summed E-state index contributed by atoms with van der Waals surface area (Å²) in [6.45, 7) is 7.32. The van der Waals surface area contributed by atoms with E-state index in [0.29, 0.717) is 29.4 Å². The summed E-state index contributed by atoms with van der Waals surface area (Å²) in [4.78, 5) is 24.9. The highest BCUT2D eigenvalue weighted by Crippen LogP contribution is 2.31. The van der Waals surface area contributed by atoms with Gasteiger partial charge in [0.15, 0.2) is 0 Å².